The molecule has 0 saturated carbocycles. The molecule has 1 aliphatic heterocycles. The molecule has 4 aromatic rings. The van der Waals surface area contributed by atoms with E-state index in [1.54, 1.807) is 22.9 Å². The van der Waals surface area contributed by atoms with Gasteiger partial charge < -0.3 is 15.8 Å². The van der Waals surface area contributed by atoms with Crippen molar-refractivity contribution in [1.29, 1.82) is 0 Å². The molecule has 0 spiro atoms. The number of nitrogens with zero attached hydrogens (tertiary/aromatic N) is 4. The third-order valence-electron chi connectivity index (χ3n) is 5.39. The SMILES string of the molecule is NC(=O)c1cccc2c(-c3nc4c(c(NCc5ccccc5)n3)CCCOC4)ncn12. The van der Waals surface area contributed by atoms with Crippen molar-refractivity contribution in [3.63, 3.8) is 0 Å². The average molecular weight is 414 g/mol. The van der Waals surface area contributed by atoms with Crippen LogP contribution in [0.1, 0.15) is 33.7 Å². The van der Waals surface area contributed by atoms with Gasteiger partial charge in [0.05, 0.1) is 17.8 Å². The minimum atomic E-state index is -0.518. The Labute approximate surface area is 179 Å². The van der Waals surface area contributed by atoms with Crippen LogP contribution in [-0.2, 0) is 24.3 Å². The summed E-state index contributed by atoms with van der Waals surface area (Å²) in [5.74, 6) is 0.765. The Hall–Kier alpha value is -3.78. The van der Waals surface area contributed by atoms with Crippen LogP contribution >= 0.6 is 0 Å². The number of nitrogens with one attached hydrogen (secondary N) is 1. The number of ether oxygens (including phenoxy) is 1. The molecule has 3 N–H and O–H groups in total. The minimum absolute atomic E-state index is 0.358. The van der Waals surface area contributed by atoms with Crippen LogP contribution < -0.4 is 11.1 Å². The zero-order valence-electron chi connectivity index (χ0n) is 16.9. The fraction of sp³-hybridized carbons (Fsp3) is 0.217. The van der Waals surface area contributed by atoms with E-state index in [-0.39, 0.29) is 0 Å². The standard InChI is InChI=1S/C23H22N6O2/c24-21(30)19-10-4-9-18-20(26-14-29(18)19)23-27-17-13-31-11-5-8-16(17)22(28-23)25-12-15-6-2-1-3-7-15/h1-4,6-7,9-10,14H,5,8,11-13H2,(H2,24,30)(H,25,27,28). The number of pyridine rings is 1. The number of hydrogen-bond donors (Lipinski definition) is 2. The second-order valence-electron chi connectivity index (χ2n) is 7.44. The Morgan fingerprint density at radius 2 is 2.00 bits per heavy atom. The van der Waals surface area contributed by atoms with Crippen molar-refractivity contribution in [1.82, 2.24) is 19.4 Å². The molecule has 0 atom stereocenters. The maximum Gasteiger partial charge on any atom is 0.265 e. The number of imidazole rings is 1. The smallest absolute Gasteiger partial charge is 0.265 e. The number of primary amides is 1. The molecule has 0 radical (unpaired) electrons. The first kappa shape index (κ1) is 19.2. The van der Waals surface area contributed by atoms with Crippen LogP contribution in [0, 0.1) is 0 Å². The summed E-state index contributed by atoms with van der Waals surface area (Å²) in [6.07, 6.45) is 3.35. The monoisotopic (exact) mass is 414 g/mol. The number of amides is 1. The lowest BCUT2D eigenvalue weighted by Gasteiger charge is -2.14. The highest BCUT2D eigenvalue weighted by Gasteiger charge is 2.21. The van der Waals surface area contributed by atoms with Gasteiger partial charge in [0.1, 0.15) is 23.5 Å². The van der Waals surface area contributed by atoms with Crippen LogP contribution in [0.15, 0.2) is 54.9 Å². The van der Waals surface area contributed by atoms with Gasteiger partial charge in [0.25, 0.3) is 5.91 Å². The van der Waals surface area contributed by atoms with Gasteiger partial charge in [-0.3, -0.25) is 9.20 Å². The number of carbonyl (C=O) groups is 1. The van der Waals surface area contributed by atoms with Crippen LogP contribution in [0.4, 0.5) is 5.82 Å². The molecule has 8 nitrogen and oxygen atoms in total. The summed E-state index contributed by atoms with van der Waals surface area (Å²) in [4.78, 5) is 25.9. The van der Waals surface area contributed by atoms with Crippen LogP contribution in [0.3, 0.4) is 0 Å². The number of aromatic nitrogens is 4. The summed E-state index contributed by atoms with van der Waals surface area (Å²) in [7, 11) is 0. The zero-order valence-corrected chi connectivity index (χ0v) is 16.9. The van der Waals surface area contributed by atoms with Crippen molar-refractivity contribution in [2.45, 2.75) is 26.0 Å². The van der Waals surface area contributed by atoms with Crippen molar-refractivity contribution in [3.8, 4) is 11.5 Å². The summed E-state index contributed by atoms with van der Waals surface area (Å²) in [6, 6.07) is 15.5. The average Bonchev–Trinajstić information content (AvgIpc) is 3.08. The second-order valence-corrected chi connectivity index (χ2v) is 7.44. The van der Waals surface area contributed by atoms with Gasteiger partial charge in [0, 0.05) is 18.7 Å². The summed E-state index contributed by atoms with van der Waals surface area (Å²) in [5, 5.41) is 3.48. The molecule has 1 aromatic carbocycles. The lowest BCUT2D eigenvalue weighted by atomic mass is 10.1. The van der Waals surface area contributed by atoms with E-state index in [0.717, 1.165) is 35.4 Å². The van der Waals surface area contributed by atoms with Crippen molar-refractivity contribution < 1.29 is 9.53 Å². The summed E-state index contributed by atoms with van der Waals surface area (Å²) >= 11 is 0. The van der Waals surface area contributed by atoms with Crippen LogP contribution in [-0.4, -0.2) is 31.9 Å². The number of anilines is 1. The quantitative estimate of drug-likeness (QED) is 0.520. The molecule has 3 aromatic heterocycles. The van der Waals surface area contributed by atoms with Crippen molar-refractivity contribution in [3.05, 3.63) is 77.4 Å². The number of carbonyl (C=O) groups excluding carboxylic acids is 1. The van der Waals surface area contributed by atoms with Crippen LogP contribution in [0.5, 0.6) is 0 Å². The van der Waals surface area contributed by atoms with E-state index in [0.29, 0.717) is 37.0 Å². The molecule has 0 fully saturated rings. The highest BCUT2D eigenvalue weighted by atomic mass is 16.5. The predicted molar refractivity (Wildman–Crippen MR) is 116 cm³/mol. The molecular weight excluding hydrogens is 392 g/mol. The fourth-order valence-corrected chi connectivity index (χ4v) is 3.86. The molecule has 8 heteroatoms. The molecule has 0 aliphatic carbocycles. The van der Waals surface area contributed by atoms with Crippen LogP contribution in [0.2, 0.25) is 0 Å². The van der Waals surface area contributed by atoms with Gasteiger partial charge in [0.15, 0.2) is 5.82 Å². The van der Waals surface area contributed by atoms with Gasteiger partial charge in [-0.2, -0.15) is 0 Å². The topological polar surface area (TPSA) is 107 Å². The first-order valence-electron chi connectivity index (χ1n) is 10.2. The zero-order chi connectivity index (χ0) is 21.2. The van der Waals surface area contributed by atoms with Gasteiger partial charge in [-0.25, -0.2) is 15.0 Å². The molecule has 4 heterocycles. The predicted octanol–water partition coefficient (Wildman–Crippen LogP) is 2.97. The largest absolute Gasteiger partial charge is 0.375 e. The maximum absolute atomic E-state index is 11.8. The molecular formula is C23H22N6O2. The van der Waals surface area contributed by atoms with E-state index in [2.05, 4.69) is 22.4 Å². The van der Waals surface area contributed by atoms with E-state index < -0.39 is 5.91 Å². The van der Waals surface area contributed by atoms with Gasteiger partial charge in [-0.05, 0) is 30.5 Å². The van der Waals surface area contributed by atoms with E-state index in [1.165, 1.54) is 5.56 Å². The van der Waals surface area contributed by atoms with Crippen LogP contribution in [0.25, 0.3) is 17.0 Å². The Kier molecular flexibility index (Phi) is 5.05. The Balaban J connectivity index is 1.59. The summed E-state index contributed by atoms with van der Waals surface area (Å²) in [6.45, 7) is 1.78. The third kappa shape index (κ3) is 3.73. The van der Waals surface area contributed by atoms with E-state index in [1.807, 2.05) is 24.3 Å². The van der Waals surface area contributed by atoms with Gasteiger partial charge >= 0.3 is 0 Å². The minimum Gasteiger partial charge on any atom is -0.375 e. The molecule has 1 aliphatic rings. The normalized spacial score (nSPS) is 13.5. The highest BCUT2D eigenvalue weighted by Crippen LogP contribution is 2.28. The number of nitrogens with two attached hydrogens (primary N) is 1. The fourth-order valence-electron chi connectivity index (χ4n) is 3.86. The lowest BCUT2D eigenvalue weighted by molar-refractivity contribution is 0.0994. The van der Waals surface area contributed by atoms with E-state index >= 15 is 0 Å². The molecule has 0 bridgehead atoms. The van der Waals surface area contributed by atoms with Crippen molar-refractivity contribution >= 4 is 17.2 Å². The van der Waals surface area contributed by atoms with E-state index in [9.17, 15) is 4.79 Å². The molecule has 156 valence electrons. The first-order valence-corrected chi connectivity index (χ1v) is 10.2. The summed E-state index contributed by atoms with van der Waals surface area (Å²) < 4.78 is 7.41. The maximum atomic E-state index is 11.8. The van der Waals surface area contributed by atoms with Crippen molar-refractivity contribution in [2.24, 2.45) is 5.73 Å². The highest BCUT2D eigenvalue weighted by molar-refractivity contribution is 5.92. The lowest BCUT2D eigenvalue weighted by Crippen LogP contribution is -2.15. The van der Waals surface area contributed by atoms with E-state index in [4.69, 9.17) is 20.4 Å². The first-order chi connectivity index (χ1) is 15.2. The molecule has 5 rings (SSSR count). The van der Waals surface area contributed by atoms with Gasteiger partial charge in [0.2, 0.25) is 0 Å². The number of benzene rings is 1. The third-order valence-corrected chi connectivity index (χ3v) is 5.39. The number of fused-ring (bicyclic) bond motifs is 2. The number of hydrogen-bond acceptors (Lipinski definition) is 6. The molecule has 0 saturated heterocycles. The molecule has 1 amide bonds. The second kappa shape index (κ2) is 8.16. The van der Waals surface area contributed by atoms with Gasteiger partial charge in [-0.15, -0.1) is 0 Å². The van der Waals surface area contributed by atoms with Gasteiger partial charge in [-0.1, -0.05) is 36.4 Å². The Bertz CT molecular complexity index is 1250. The number of rotatable bonds is 5. The molecule has 31 heavy (non-hydrogen) atoms. The Morgan fingerprint density at radius 3 is 2.84 bits per heavy atom. The van der Waals surface area contributed by atoms with Crippen molar-refractivity contribution in [2.75, 3.05) is 11.9 Å². The summed E-state index contributed by atoms with van der Waals surface area (Å²) in [5.41, 5.74) is 10.3. The Morgan fingerprint density at radius 1 is 1.13 bits per heavy atom. The molecule has 0 unspecified atom stereocenters.